The van der Waals surface area contributed by atoms with E-state index in [1.807, 2.05) is 42.5 Å². The number of anilines is 3. The van der Waals surface area contributed by atoms with Crippen molar-refractivity contribution in [3.63, 3.8) is 0 Å². The van der Waals surface area contributed by atoms with E-state index in [1.54, 1.807) is 43.5 Å². The number of carbonyl (C=O) groups excluding carboxylic acids is 3. The standard InChI is InChI=1S/C27H22N4O4S/c1-35-23-13-7-5-11-21(23)30-27(34)18-14-25(29-19-9-3-2-8-17(18)19)36-16-26(33)31-15-24(32)28-20-10-4-6-12-22(20)31/h2-14H,15-16H2,1H3,(H,28,32)(H,30,34). The van der Waals surface area contributed by atoms with Gasteiger partial charge in [-0.15, -0.1) is 0 Å². The molecule has 9 heteroatoms. The van der Waals surface area contributed by atoms with Crippen molar-refractivity contribution >= 4 is 57.4 Å². The van der Waals surface area contributed by atoms with Crippen LogP contribution in [-0.4, -0.2) is 42.1 Å². The van der Waals surface area contributed by atoms with E-state index >= 15 is 0 Å². The topological polar surface area (TPSA) is 101 Å². The Balaban J connectivity index is 1.40. The number of thioether (sulfide) groups is 1. The molecule has 3 amide bonds. The van der Waals surface area contributed by atoms with Crippen LogP contribution in [0.3, 0.4) is 0 Å². The Kier molecular flexibility index (Phi) is 6.55. The van der Waals surface area contributed by atoms with Crippen LogP contribution in [0, 0.1) is 0 Å². The van der Waals surface area contributed by atoms with Crippen LogP contribution >= 0.6 is 11.8 Å². The molecule has 4 aromatic rings. The van der Waals surface area contributed by atoms with Crippen LogP contribution in [0.15, 0.2) is 83.9 Å². The maximum absolute atomic E-state index is 13.3. The number of nitrogens with zero attached hydrogens (tertiary/aromatic N) is 2. The monoisotopic (exact) mass is 498 g/mol. The van der Waals surface area contributed by atoms with Crippen molar-refractivity contribution in [2.24, 2.45) is 0 Å². The lowest BCUT2D eigenvalue weighted by molar-refractivity contribution is -0.120. The van der Waals surface area contributed by atoms with Crippen LogP contribution < -0.4 is 20.3 Å². The number of amides is 3. The van der Waals surface area contributed by atoms with Crippen molar-refractivity contribution in [1.29, 1.82) is 0 Å². The fraction of sp³-hybridized carbons (Fsp3) is 0.111. The molecule has 0 spiro atoms. The van der Waals surface area contributed by atoms with Crippen molar-refractivity contribution in [2.45, 2.75) is 5.03 Å². The number of hydrogen-bond acceptors (Lipinski definition) is 6. The predicted molar refractivity (Wildman–Crippen MR) is 141 cm³/mol. The number of para-hydroxylation sites is 5. The molecule has 2 N–H and O–H groups in total. The molecule has 0 saturated carbocycles. The number of pyridine rings is 1. The minimum absolute atomic E-state index is 0.0475. The van der Waals surface area contributed by atoms with Gasteiger partial charge in [-0.25, -0.2) is 4.98 Å². The Morgan fingerprint density at radius 1 is 1.06 bits per heavy atom. The Morgan fingerprint density at radius 3 is 2.67 bits per heavy atom. The fourth-order valence-electron chi connectivity index (χ4n) is 4.02. The molecule has 3 aromatic carbocycles. The Morgan fingerprint density at radius 2 is 1.81 bits per heavy atom. The van der Waals surface area contributed by atoms with Crippen molar-refractivity contribution < 1.29 is 19.1 Å². The summed E-state index contributed by atoms with van der Waals surface area (Å²) in [7, 11) is 1.54. The summed E-state index contributed by atoms with van der Waals surface area (Å²) in [6.45, 7) is -0.0475. The van der Waals surface area contributed by atoms with Gasteiger partial charge in [0.05, 0.1) is 46.0 Å². The van der Waals surface area contributed by atoms with Crippen molar-refractivity contribution in [3.05, 3.63) is 84.4 Å². The average molecular weight is 499 g/mol. The van der Waals surface area contributed by atoms with E-state index < -0.39 is 0 Å². The van der Waals surface area contributed by atoms with Gasteiger partial charge in [-0.05, 0) is 36.4 Å². The third-order valence-corrected chi connectivity index (χ3v) is 6.60. The van der Waals surface area contributed by atoms with E-state index in [9.17, 15) is 14.4 Å². The number of aromatic nitrogens is 1. The van der Waals surface area contributed by atoms with Crippen LogP contribution in [0.25, 0.3) is 10.9 Å². The number of hydrogen-bond donors (Lipinski definition) is 2. The van der Waals surface area contributed by atoms with Crippen molar-refractivity contribution in [2.75, 3.05) is 34.9 Å². The predicted octanol–water partition coefficient (Wildman–Crippen LogP) is 4.57. The molecule has 1 aromatic heterocycles. The van der Waals surface area contributed by atoms with E-state index in [4.69, 9.17) is 4.74 Å². The van der Waals surface area contributed by atoms with Crippen LogP contribution in [0.2, 0.25) is 0 Å². The molecular weight excluding hydrogens is 476 g/mol. The smallest absolute Gasteiger partial charge is 0.256 e. The zero-order chi connectivity index (χ0) is 25.1. The van der Waals surface area contributed by atoms with Gasteiger partial charge in [-0.3, -0.25) is 14.4 Å². The molecule has 0 bridgehead atoms. The second-order valence-corrected chi connectivity index (χ2v) is 9.01. The number of rotatable bonds is 6. The number of benzene rings is 3. The lowest BCUT2D eigenvalue weighted by atomic mass is 10.1. The highest BCUT2D eigenvalue weighted by atomic mass is 32.2. The van der Waals surface area contributed by atoms with Gasteiger partial charge in [-0.2, -0.15) is 0 Å². The summed E-state index contributed by atoms with van der Waals surface area (Å²) in [5.41, 5.74) is 2.89. The second kappa shape index (κ2) is 10.1. The summed E-state index contributed by atoms with van der Waals surface area (Å²) in [5.74, 6) is -0.174. The molecule has 2 heterocycles. The minimum Gasteiger partial charge on any atom is -0.495 e. The van der Waals surface area contributed by atoms with Crippen molar-refractivity contribution in [3.8, 4) is 5.75 Å². The highest BCUT2D eigenvalue weighted by Crippen LogP contribution is 2.31. The molecular formula is C27H22N4O4S. The lowest BCUT2D eigenvalue weighted by Gasteiger charge is -2.29. The number of methoxy groups -OCH3 is 1. The summed E-state index contributed by atoms with van der Waals surface area (Å²) in [4.78, 5) is 44.6. The average Bonchev–Trinajstić information content (AvgIpc) is 2.91. The molecule has 5 rings (SSSR count). The Bertz CT molecular complexity index is 1490. The zero-order valence-corrected chi connectivity index (χ0v) is 20.2. The molecule has 0 saturated heterocycles. The zero-order valence-electron chi connectivity index (χ0n) is 19.4. The van der Waals surface area contributed by atoms with E-state index in [0.29, 0.717) is 44.3 Å². The molecule has 1 aliphatic rings. The first-order valence-electron chi connectivity index (χ1n) is 11.2. The molecule has 0 unspecified atom stereocenters. The quantitative estimate of drug-likeness (QED) is 0.378. The molecule has 0 aliphatic carbocycles. The fourth-order valence-corrected chi connectivity index (χ4v) is 4.81. The van der Waals surface area contributed by atoms with Gasteiger partial charge in [0.25, 0.3) is 5.91 Å². The molecule has 8 nitrogen and oxygen atoms in total. The number of fused-ring (bicyclic) bond motifs is 2. The maximum Gasteiger partial charge on any atom is 0.256 e. The first kappa shape index (κ1) is 23.4. The third kappa shape index (κ3) is 4.73. The van der Waals surface area contributed by atoms with Crippen LogP contribution in [0.5, 0.6) is 5.75 Å². The van der Waals surface area contributed by atoms with Crippen molar-refractivity contribution in [1.82, 2.24) is 4.98 Å². The summed E-state index contributed by atoms with van der Waals surface area (Å²) in [6.07, 6.45) is 0. The number of ether oxygens (including phenoxy) is 1. The van der Waals surface area contributed by atoms with Gasteiger partial charge in [0.2, 0.25) is 11.8 Å². The Labute approximate surface area is 211 Å². The van der Waals surface area contributed by atoms with Gasteiger partial charge in [0, 0.05) is 5.39 Å². The highest BCUT2D eigenvalue weighted by Gasteiger charge is 2.26. The summed E-state index contributed by atoms with van der Waals surface area (Å²) in [5, 5.41) is 6.92. The summed E-state index contributed by atoms with van der Waals surface area (Å²) < 4.78 is 5.35. The number of nitrogens with one attached hydrogen (secondary N) is 2. The van der Waals surface area contributed by atoms with Gasteiger partial charge in [0.15, 0.2) is 0 Å². The first-order valence-corrected chi connectivity index (χ1v) is 12.2. The minimum atomic E-state index is -0.312. The molecule has 1 aliphatic heterocycles. The maximum atomic E-state index is 13.3. The van der Waals surface area contributed by atoms with E-state index in [2.05, 4.69) is 15.6 Å². The largest absolute Gasteiger partial charge is 0.495 e. The molecule has 36 heavy (non-hydrogen) atoms. The summed E-state index contributed by atoms with van der Waals surface area (Å²) >= 11 is 1.22. The third-order valence-electron chi connectivity index (χ3n) is 5.71. The SMILES string of the molecule is COc1ccccc1NC(=O)c1cc(SCC(=O)N2CC(=O)Nc3ccccc32)nc2ccccc12. The van der Waals surface area contributed by atoms with E-state index in [0.717, 1.165) is 0 Å². The number of carbonyl (C=O) groups is 3. The highest BCUT2D eigenvalue weighted by molar-refractivity contribution is 7.99. The van der Waals surface area contributed by atoms with Gasteiger partial charge in [0.1, 0.15) is 12.3 Å². The van der Waals surface area contributed by atoms with Gasteiger partial charge in [-0.1, -0.05) is 54.2 Å². The first-order chi connectivity index (χ1) is 17.5. The Hall–Kier alpha value is -4.37. The van der Waals surface area contributed by atoms with Crippen LogP contribution in [0.4, 0.5) is 17.1 Å². The van der Waals surface area contributed by atoms with E-state index in [-0.39, 0.29) is 30.0 Å². The van der Waals surface area contributed by atoms with Gasteiger partial charge < -0.3 is 20.3 Å². The summed E-state index contributed by atoms with van der Waals surface area (Å²) in [6, 6.07) is 23.4. The normalized spacial score (nSPS) is 12.6. The van der Waals surface area contributed by atoms with E-state index in [1.165, 1.54) is 16.7 Å². The molecule has 0 atom stereocenters. The molecule has 0 fully saturated rings. The lowest BCUT2D eigenvalue weighted by Crippen LogP contribution is -2.43. The molecule has 0 radical (unpaired) electrons. The molecule has 180 valence electrons. The van der Waals surface area contributed by atoms with Gasteiger partial charge >= 0.3 is 0 Å². The van der Waals surface area contributed by atoms with Crippen LogP contribution in [0.1, 0.15) is 10.4 Å². The van der Waals surface area contributed by atoms with Crippen LogP contribution in [-0.2, 0) is 9.59 Å². The second-order valence-electron chi connectivity index (χ2n) is 8.01.